The summed E-state index contributed by atoms with van der Waals surface area (Å²) in [4.78, 5) is -0.261. The molecule has 0 saturated heterocycles. The summed E-state index contributed by atoms with van der Waals surface area (Å²) < 4.78 is 92.7. The van der Waals surface area contributed by atoms with Gasteiger partial charge in [0.25, 0.3) is 0 Å². The molecule has 0 aromatic heterocycles. The number of aliphatic hydroxyl groups is 1. The smallest absolute Gasteiger partial charge is 0.387 e. The number of hydrogen-bond acceptors (Lipinski definition) is 3. The summed E-state index contributed by atoms with van der Waals surface area (Å²) in [5.41, 5.74) is -0.347. The number of alkyl halides is 3. The van der Waals surface area contributed by atoms with Gasteiger partial charge in [-0.1, -0.05) is 24.3 Å². The predicted molar refractivity (Wildman–Crippen MR) is 107 cm³/mol. The molecule has 4 nitrogen and oxygen atoms in total. The Hall–Kier alpha value is -2.82. The van der Waals surface area contributed by atoms with Crippen LogP contribution in [0.5, 0.6) is 0 Å². The monoisotopic (exact) mass is 471 g/mol. The fourth-order valence-corrected chi connectivity index (χ4v) is 4.32. The van der Waals surface area contributed by atoms with Crippen LogP contribution in [0, 0.1) is 11.6 Å². The summed E-state index contributed by atoms with van der Waals surface area (Å²) in [6, 6.07) is 11.5. The van der Waals surface area contributed by atoms with Gasteiger partial charge in [-0.15, -0.1) is 0 Å². The predicted octanol–water partition coefficient (Wildman–Crippen LogP) is 4.61. The highest BCUT2D eigenvalue weighted by molar-refractivity contribution is 7.89. The first-order valence-corrected chi connectivity index (χ1v) is 10.8. The van der Waals surface area contributed by atoms with Gasteiger partial charge in [0.05, 0.1) is 22.6 Å². The fraction of sp³-hybridized carbons (Fsp3) is 0.182. The second-order valence-electron chi connectivity index (χ2n) is 7.08. The SMILES string of the molecule is O=S(=O)(NC(Cc1ccc(C(F)(F)F)cc1)C(O)c1ccc(F)cc1)c1ccc(F)cc1. The van der Waals surface area contributed by atoms with Crippen LogP contribution in [-0.2, 0) is 22.6 Å². The van der Waals surface area contributed by atoms with Gasteiger partial charge in [-0.25, -0.2) is 21.9 Å². The van der Waals surface area contributed by atoms with E-state index < -0.39 is 45.5 Å². The van der Waals surface area contributed by atoms with E-state index >= 15 is 0 Å². The minimum absolute atomic E-state index is 0.170. The molecule has 0 aliphatic carbocycles. The Kier molecular flexibility index (Phi) is 6.97. The van der Waals surface area contributed by atoms with Gasteiger partial charge in [0.1, 0.15) is 11.6 Å². The molecule has 3 aromatic carbocycles. The molecule has 10 heteroatoms. The lowest BCUT2D eigenvalue weighted by Crippen LogP contribution is -2.41. The first kappa shape index (κ1) is 23.8. The van der Waals surface area contributed by atoms with E-state index in [0.29, 0.717) is 5.56 Å². The molecular weight excluding hydrogens is 453 g/mol. The fourth-order valence-electron chi connectivity index (χ4n) is 3.07. The molecule has 0 fully saturated rings. The highest BCUT2D eigenvalue weighted by atomic mass is 32.2. The number of halogens is 5. The highest BCUT2D eigenvalue weighted by Gasteiger charge is 2.31. The number of benzene rings is 3. The van der Waals surface area contributed by atoms with Crippen LogP contribution in [0.4, 0.5) is 22.0 Å². The maximum atomic E-state index is 13.2. The van der Waals surface area contributed by atoms with E-state index in [-0.39, 0.29) is 16.9 Å². The van der Waals surface area contributed by atoms with Crippen molar-refractivity contribution in [2.24, 2.45) is 0 Å². The van der Waals surface area contributed by atoms with Crippen LogP contribution in [-0.4, -0.2) is 19.6 Å². The van der Waals surface area contributed by atoms with Crippen molar-refractivity contribution in [3.63, 3.8) is 0 Å². The number of hydrogen-bond donors (Lipinski definition) is 2. The third-order valence-electron chi connectivity index (χ3n) is 4.76. The number of nitrogens with one attached hydrogen (secondary N) is 1. The minimum atomic E-state index is -4.53. The molecule has 170 valence electrons. The van der Waals surface area contributed by atoms with Crippen molar-refractivity contribution in [2.75, 3.05) is 0 Å². The van der Waals surface area contributed by atoms with E-state index in [4.69, 9.17) is 0 Å². The molecule has 0 heterocycles. The summed E-state index contributed by atoms with van der Waals surface area (Å²) in [6.45, 7) is 0. The molecule has 0 amide bonds. The molecule has 32 heavy (non-hydrogen) atoms. The van der Waals surface area contributed by atoms with Crippen LogP contribution in [0.2, 0.25) is 0 Å². The van der Waals surface area contributed by atoms with Gasteiger partial charge in [-0.05, 0) is 66.1 Å². The largest absolute Gasteiger partial charge is 0.416 e. The third kappa shape index (κ3) is 5.90. The van der Waals surface area contributed by atoms with Crippen LogP contribution in [0.1, 0.15) is 22.8 Å². The molecule has 2 unspecified atom stereocenters. The molecule has 3 rings (SSSR count). The lowest BCUT2D eigenvalue weighted by molar-refractivity contribution is -0.137. The van der Waals surface area contributed by atoms with Gasteiger partial charge in [0.15, 0.2) is 0 Å². The van der Waals surface area contributed by atoms with Crippen LogP contribution >= 0.6 is 0 Å². The molecule has 2 N–H and O–H groups in total. The maximum Gasteiger partial charge on any atom is 0.416 e. The first-order valence-electron chi connectivity index (χ1n) is 9.33. The molecule has 0 aliphatic rings. The zero-order chi connectivity index (χ0) is 23.5. The Morgan fingerprint density at radius 1 is 0.812 bits per heavy atom. The molecular formula is C22H18F5NO3S. The standard InChI is InChI=1S/C22H18F5NO3S/c23-17-7-3-15(4-8-17)21(29)20(13-14-1-5-16(6-2-14)22(25,26)27)28-32(30,31)19-11-9-18(24)10-12-19/h1-12,20-21,28-29H,13H2. The Morgan fingerprint density at radius 3 is 1.81 bits per heavy atom. The minimum Gasteiger partial charge on any atom is -0.387 e. The Morgan fingerprint density at radius 2 is 1.31 bits per heavy atom. The third-order valence-corrected chi connectivity index (χ3v) is 6.27. The maximum absolute atomic E-state index is 13.2. The van der Waals surface area contributed by atoms with Gasteiger partial charge in [-0.3, -0.25) is 0 Å². The molecule has 0 radical (unpaired) electrons. The van der Waals surface area contributed by atoms with E-state index in [9.17, 15) is 35.5 Å². The summed E-state index contributed by atoms with van der Waals surface area (Å²) in [6.07, 6.45) is -6.15. The van der Waals surface area contributed by atoms with Gasteiger partial charge in [0, 0.05) is 0 Å². The van der Waals surface area contributed by atoms with E-state index in [1.807, 2.05) is 0 Å². The summed E-state index contributed by atoms with van der Waals surface area (Å²) in [5, 5.41) is 10.8. The molecule has 0 saturated carbocycles. The normalized spacial score (nSPS) is 14.2. The van der Waals surface area contributed by atoms with E-state index in [1.165, 1.54) is 24.3 Å². The average molecular weight is 471 g/mol. The number of sulfonamides is 1. The lowest BCUT2D eigenvalue weighted by Gasteiger charge is -2.25. The van der Waals surface area contributed by atoms with Crippen LogP contribution in [0.15, 0.2) is 77.7 Å². The van der Waals surface area contributed by atoms with Crippen molar-refractivity contribution < 1.29 is 35.5 Å². The van der Waals surface area contributed by atoms with Crippen molar-refractivity contribution in [3.05, 3.63) is 101 Å². The Labute approximate surface area is 181 Å². The quantitative estimate of drug-likeness (QED) is 0.495. The highest BCUT2D eigenvalue weighted by Crippen LogP contribution is 2.30. The van der Waals surface area contributed by atoms with Crippen LogP contribution in [0.3, 0.4) is 0 Å². The topological polar surface area (TPSA) is 66.4 Å². The number of rotatable bonds is 7. The Balaban J connectivity index is 1.91. The van der Waals surface area contributed by atoms with E-state index in [1.54, 1.807) is 0 Å². The van der Waals surface area contributed by atoms with Gasteiger partial charge in [0.2, 0.25) is 10.0 Å². The van der Waals surface area contributed by atoms with E-state index in [0.717, 1.165) is 48.5 Å². The van der Waals surface area contributed by atoms with Crippen LogP contribution in [0.25, 0.3) is 0 Å². The zero-order valence-corrected chi connectivity index (χ0v) is 17.2. The summed E-state index contributed by atoms with van der Waals surface area (Å²) in [5.74, 6) is -1.20. The zero-order valence-electron chi connectivity index (χ0n) is 16.4. The Bertz CT molecular complexity index is 1150. The first-order chi connectivity index (χ1) is 15.0. The van der Waals surface area contributed by atoms with Crippen molar-refractivity contribution in [2.45, 2.75) is 29.6 Å². The number of aliphatic hydroxyl groups excluding tert-OH is 1. The average Bonchev–Trinajstić information content (AvgIpc) is 2.73. The molecule has 3 aromatic rings. The van der Waals surface area contributed by atoms with Gasteiger partial charge >= 0.3 is 6.18 Å². The van der Waals surface area contributed by atoms with Crippen molar-refractivity contribution in [1.82, 2.24) is 4.72 Å². The lowest BCUT2D eigenvalue weighted by atomic mass is 9.96. The molecule has 0 bridgehead atoms. The molecule has 2 atom stereocenters. The van der Waals surface area contributed by atoms with E-state index in [2.05, 4.69) is 4.72 Å². The molecule has 0 aliphatic heterocycles. The van der Waals surface area contributed by atoms with Crippen LogP contribution < -0.4 is 4.72 Å². The van der Waals surface area contributed by atoms with Crippen molar-refractivity contribution >= 4 is 10.0 Å². The summed E-state index contributed by atoms with van der Waals surface area (Å²) in [7, 11) is -4.22. The van der Waals surface area contributed by atoms with Crippen molar-refractivity contribution in [3.8, 4) is 0 Å². The van der Waals surface area contributed by atoms with Gasteiger partial charge in [-0.2, -0.15) is 13.2 Å². The summed E-state index contributed by atoms with van der Waals surface area (Å²) >= 11 is 0. The van der Waals surface area contributed by atoms with Crippen molar-refractivity contribution in [1.29, 1.82) is 0 Å². The molecule has 0 spiro atoms. The second-order valence-corrected chi connectivity index (χ2v) is 8.79. The second kappa shape index (κ2) is 9.35. The van der Waals surface area contributed by atoms with Gasteiger partial charge < -0.3 is 5.11 Å².